The number of methoxy groups -OCH3 is 2. The summed E-state index contributed by atoms with van der Waals surface area (Å²) in [6, 6.07) is 0. The second-order valence-corrected chi connectivity index (χ2v) is 5.30. The van der Waals surface area contributed by atoms with Crippen LogP contribution in [0.1, 0.15) is 20.3 Å². The van der Waals surface area contributed by atoms with Crippen molar-refractivity contribution in [2.45, 2.75) is 20.3 Å². The van der Waals surface area contributed by atoms with Crippen molar-refractivity contribution in [3.05, 3.63) is 0 Å². The van der Waals surface area contributed by atoms with E-state index in [-0.39, 0.29) is 5.91 Å². The molecule has 0 aromatic carbocycles. The summed E-state index contributed by atoms with van der Waals surface area (Å²) in [6.45, 7) is 6.11. The molecule has 0 spiro atoms. The van der Waals surface area contributed by atoms with Crippen molar-refractivity contribution >= 4 is 17.8 Å². The monoisotopic (exact) mass is 314 g/mol. The number of nitrogens with zero attached hydrogens (tertiary/aromatic N) is 1. The Kier molecular flexibility index (Phi) is 7.31. The van der Waals surface area contributed by atoms with Gasteiger partial charge in [-0.25, -0.2) is 0 Å². The molecule has 1 aliphatic rings. The maximum absolute atomic E-state index is 12.7. The van der Waals surface area contributed by atoms with E-state index in [0.717, 1.165) is 0 Å². The Morgan fingerprint density at radius 3 is 2.14 bits per heavy atom. The molecule has 7 heteroatoms. The van der Waals surface area contributed by atoms with Crippen LogP contribution in [-0.4, -0.2) is 63.1 Å². The summed E-state index contributed by atoms with van der Waals surface area (Å²) in [5.41, 5.74) is 0. The fraction of sp³-hybridized carbons (Fsp3) is 0.800. The van der Waals surface area contributed by atoms with Gasteiger partial charge in [0.25, 0.3) is 0 Å². The molecule has 2 atom stereocenters. The number of carbonyl (C=O) groups is 3. The maximum Gasteiger partial charge on any atom is 0.320 e. The first kappa shape index (κ1) is 18.4. The molecule has 1 N–H and O–H groups in total. The van der Waals surface area contributed by atoms with Gasteiger partial charge in [-0.3, -0.25) is 14.4 Å². The van der Waals surface area contributed by atoms with E-state index in [4.69, 9.17) is 9.47 Å². The number of esters is 2. The normalized spacial score (nSPS) is 21.3. The summed E-state index contributed by atoms with van der Waals surface area (Å²) in [5, 5.41) is 3.17. The van der Waals surface area contributed by atoms with Crippen molar-refractivity contribution in [3.8, 4) is 0 Å². The molecule has 0 aliphatic carbocycles. The minimum Gasteiger partial charge on any atom is -0.468 e. The minimum absolute atomic E-state index is 0.0417. The minimum atomic E-state index is -1.05. The highest BCUT2D eigenvalue weighted by Gasteiger charge is 2.45. The molecule has 0 bridgehead atoms. The second kappa shape index (κ2) is 8.73. The number of ether oxygens (including phenoxy) is 2. The first-order chi connectivity index (χ1) is 10.5. The molecule has 7 nitrogen and oxygen atoms in total. The third-order valence-corrected chi connectivity index (χ3v) is 4.27. The highest BCUT2D eigenvalue weighted by atomic mass is 16.5. The summed E-state index contributed by atoms with van der Waals surface area (Å²) in [7, 11) is 2.47. The van der Waals surface area contributed by atoms with Crippen molar-refractivity contribution in [1.29, 1.82) is 0 Å². The fourth-order valence-corrected chi connectivity index (χ4v) is 3.02. The van der Waals surface area contributed by atoms with Crippen LogP contribution in [0.3, 0.4) is 0 Å². The van der Waals surface area contributed by atoms with Crippen LogP contribution in [0, 0.1) is 17.8 Å². The number of nitrogens with one attached hydrogen (secondary N) is 1. The van der Waals surface area contributed by atoms with Gasteiger partial charge in [-0.05, 0) is 32.7 Å². The zero-order chi connectivity index (χ0) is 16.7. The van der Waals surface area contributed by atoms with E-state index in [1.54, 1.807) is 4.90 Å². The van der Waals surface area contributed by atoms with Crippen molar-refractivity contribution in [1.82, 2.24) is 10.2 Å². The molecule has 0 aromatic rings. The average Bonchev–Trinajstić information content (AvgIpc) is 2.56. The van der Waals surface area contributed by atoms with Gasteiger partial charge in [-0.2, -0.15) is 0 Å². The Balaban J connectivity index is 3.06. The Hall–Kier alpha value is -1.63. The topological polar surface area (TPSA) is 84.9 Å². The van der Waals surface area contributed by atoms with Gasteiger partial charge >= 0.3 is 11.9 Å². The van der Waals surface area contributed by atoms with Gasteiger partial charge in [0.1, 0.15) is 0 Å². The molecule has 1 fully saturated rings. The third-order valence-electron chi connectivity index (χ3n) is 4.27. The summed E-state index contributed by atoms with van der Waals surface area (Å²) < 4.78 is 9.49. The van der Waals surface area contributed by atoms with E-state index in [0.29, 0.717) is 32.6 Å². The molecular weight excluding hydrogens is 288 g/mol. The van der Waals surface area contributed by atoms with Crippen LogP contribution in [0.15, 0.2) is 0 Å². The van der Waals surface area contributed by atoms with Crippen molar-refractivity contribution < 1.29 is 23.9 Å². The number of piperidine rings is 1. The zero-order valence-corrected chi connectivity index (χ0v) is 13.8. The van der Waals surface area contributed by atoms with E-state index in [1.165, 1.54) is 14.2 Å². The van der Waals surface area contributed by atoms with Gasteiger partial charge in [0.15, 0.2) is 5.92 Å². The summed E-state index contributed by atoms with van der Waals surface area (Å²) in [5.74, 6) is -3.22. The third kappa shape index (κ3) is 3.97. The first-order valence-electron chi connectivity index (χ1n) is 7.66. The molecular formula is C15H26N2O5. The number of carbonyl (C=O) groups excluding carboxylic acids is 3. The van der Waals surface area contributed by atoms with Gasteiger partial charge in [0.05, 0.1) is 20.1 Å². The van der Waals surface area contributed by atoms with Gasteiger partial charge in [-0.15, -0.1) is 0 Å². The number of hydrogen-bond acceptors (Lipinski definition) is 6. The molecule has 126 valence electrons. The number of hydrogen-bond donors (Lipinski definition) is 1. The van der Waals surface area contributed by atoms with E-state index in [1.807, 2.05) is 13.8 Å². The lowest BCUT2D eigenvalue weighted by Gasteiger charge is -2.36. The Labute approximate surface area is 131 Å². The molecule has 2 unspecified atom stereocenters. The lowest BCUT2D eigenvalue weighted by Crippen LogP contribution is -2.51. The smallest absolute Gasteiger partial charge is 0.320 e. The predicted molar refractivity (Wildman–Crippen MR) is 79.9 cm³/mol. The highest BCUT2D eigenvalue weighted by Crippen LogP contribution is 2.30. The molecule has 0 radical (unpaired) electrons. The summed E-state index contributed by atoms with van der Waals surface area (Å²) in [6.07, 6.45) is 0.548. The Bertz CT molecular complexity index is 393. The van der Waals surface area contributed by atoms with E-state index in [9.17, 15) is 14.4 Å². The van der Waals surface area contributed by atoms with E-state index in [2.05, 4.69) is 5.32 Å². The highest BCUT2D eigenvalue weighted by molar-refractivity contribution is 5.96. The molecule has 0 aromatic heterocycles. The maximum atomic E-state index is 12.7. The lowest BCUT2D eigenvalue weighted by atomic mass is 9.76. The van der Waals surface area contributed by atoms with E-state index < -0.39 is 29.7 Å². The Morgan fingerprint density at radius 1 is 1.14 bits per heavy atom. The standard InChI is InChI=1S/C15H26N2O5/c1-5-17(6-2)13(18)11-9-16-8-7-10(11)12(14(19)21-3)15(20)22-4/h10-12,16H,5-9H2,1-4H3. The van der Waals surface area contributed by atoms with Gasteiger partial charge < -0.3 is 19.7 Å². The number of rotatable bonds is 6. The molecule has 1 aliphatic heterocycles. The second-order valence-electron chi connectivity index (χ2n) is 5.30. The van der Waals surface area contributed by atoms with Crippen molar-refractivity contribution in [3.63, 3.8) is 0 Å². The van der Waals surface area contributed by atoms with E-state index >= 15 is 0 Å². The zero-order valence-electron chi connectivity index (χ0n) is 13.8. The summed E-state index contributed by atoms with van der Waals surface area (Å²) in [4.78, 5) is 38.4. The summed E-state index contributed by atoms with van der Waals surface area (Å²) >= 11 is 0. The van der Waals surface area contributed by atoms with Crippen molar-refractivity contribution in [2.75, 3.05) is 40.4 Å². The van der Waals surface area contributed by atoms with Crippen LogP contribution in [0.25, 0.3) is 0 Å². The average molecular weight is 314 g/mol. The largest absolute Gasteiger partial charge is 0.468 e. The van der Waals surface area contributed by atoms with Gasteiger partial charge in [-0.1, -0.05) is 0 Å². The fourth-order valence-electron chi connectivity index (χ4n) is 3.02. The van der Waals surface area contributed by atoms with Crippen LogP contribution >= 0.6 is 0 Å². The van der Waals surface area contributed by atoms with Crippen LogP contribution in [-0.2, 0) is 23.9 Å². The number of amides is 1. The van der Waals surface area contributed by atoms with Crippen LogP contribution in [0.2, 0.25) is 0 Å². The molecule has 0 saturated carbocycles. The van der Waals surface area contributed by atoms with Crippen LogP contribution < -0.4 is 5.32 Å². The quantitative estimate of drug-likeness (QED) is 0.550. The lowest BCUT2D eigenvalue weighted by molar-refractivity contribution is -0.164. The van der Waals surface area contributed by atoms with Gasteiger partial charge in [0.2, 0.25) is 5.91 Å². The van der Waals surface area contributed by atoms with Crippen molar-refractivity contribution in [2.24, 2.45) is 17.8 Å². The molecule has 1 saturated heterocycles. The Morgan fingerprint density at radius 2 is 1.68 bits per heavy atom. The molecule has 1 heterocycles. The molecule has 22 heavy (non-hydrogen) atoms. The van der Waals surface area contributed by atoms with Gasteiger partial charge in [0, 0.05) is 19.6 Å². The van der Waals surface area contributed by atoms with Crippen LogP contribution in [0.5, 0.6) is 0 Å². The first-order valence-corrected chi connectivity index (χ1v) is 7.66. The SMILES string of the molecule is CCN(CC)C(=O)C1CNCCC1C(C(=O)OC)C(=O)OC. The molecule has 1 rings (SSSR count). The molecule has 1 amide bonds. The predicted octanol–water partition coefficient (Wildman–Crippen LogP) is 0.0427. The van der Waals surface area contributed by atoms with Crippen LogP contribution in [0.4, 0.5) is 0 Å².